The summed E-state index contributed by atoms with van der Waals surface area (Å²) in [4.78, 5) is 36.0. The Morgan fingerprint density at radius 1 is 1.24 bits per heavy atom. The van der Waals surface area contributed by atoms with Crippen LogP contribution >= 0.6 is 0 Å². The van der Waals surface area contributed by atoms with Crippen molar-refractivity contribution in [2.75, 3.05) is 6.61 Å². The maximum Gasteiger partial charge on any atom is 0.303 e. The van der Waals surface area contributed by atoms with Crippen LogP contribution in [0.5, 0.6) is 0 Å². The highest BCUT2D eigenvalue weighted by Gasteiger charge is 2.62. The number of rotatable bonds is 3. The van der Waals surface area contributed by atoms with Crippen molar-refractivity contribution in [1.29, 1.82) is 0 Å². The minimum absolute atomic E-state index is 0.00836. The number of allylic oxidation sites excluding steroid dienone is 8. The van der Waals surface area contributed by atoms with E-state index < -0.39 is 35.3 Å². The average Bonchev–Trinajstić information content (AvgIpc) is 2.88. The highest BCUT2D eigenvalue weighted by molar-refractivity contribution is 6.02. The van der Waals surface area contributed by atoms with Crippen molar-refractivity contribution in [3.8, 4) is 0 Å². The van der Waals surface area contributed by atoms with Crippen molar-refractivity contribution in [3.05, 3.63) is 58.7 Å². The monoisotopic (exact) mass is 394 g/mol. The van der Waals surface area contributed by atoms with Crippen LogP contribution in [0, 0.1) is 16.7 Å². The minimum atomic E-state index is -1.63. The summed E-state index contributed by atoms with van der Waals surface area (Å²) in [6.07, 6.45) is 12.5. The average molecular weight is 394 g/mol. The summed E-state index contributed by atoms with van der Waals surface area (Å²) in [5.41, 5.74) is 1.44. The molecular weight excluding hydrogens is 368 g/mol. The number of aliphatic hydroxyl groups is 1. The molecule has 0 radical (unpaired) electrons. The number of hydrogen-bond donors (Lipinski definition) is 1. The highest BCUT2D eigenvalue weighted by atomic mass is 16.5. The first kappa shape index (κ1) is 19.8. The molecule has 4 aliphatic carbocycles. The zero-order valence-corrected chi connectivity index (χ0v) is 17.2. The van der Waals surface area contributed by atoms with E-state index in [9.17, 15) is 19.5 Å². The molecule has 0 saturated carbocycles. The van der Waals surface area contributed by atoms with Crippen LogP contribution in [0.25, 0.3) is 0 Å². The van der Waals surface area contributed by atoms with Crippen LogP contribution in [0.2, 0.25) is 0 Å². The second kappa shape index (κ2) is 6.23. The number of carbonyl (C=O) groups is 3. The molecule has 0 bridgehead atoms. The highest BCUT2D eigenvalue weighted by Crippen LogP contribution is 2.62. The lowest BCUT2D eigenvalue weighted by atomic mass is 9.56. The molecule has 0 spiro atoms. The summed E-state index contributed by atoms with van der Waals surface area (Å²) < 4.78 is 4.91. The summed E-state index contributed by atoms with van der Waals surface area (Å²) in [6, 6.07) is 0. The molecule has 0 fully saturated rings. The first-order valence-electron chi connectivity index (χ1n) is 10.0. The van der Waals surface area contributed by atoms with Crippen molar-refractivity contribution in [2.45, 2.75) is 46.1 Å². The molecule has 5 heteroatoms. The predicted octanol–water partition coefficient (Wildman–Crippen LogP) is 3.16. The molecule has 0 aromatic rings. The van der Waals surface area contributed by atoms with Crippen LogP contribution in [-0.4, -0.2) is 34.9 Å². The Morgan fingerprint density at radius 2 is 1.97 bits per heavy atom. The van der Waals surface area contributed by atoms with Gasteiger partial charge in [0.25, 0.3) is 0 Å². The molecule has 0 unspecified atom stereocenters. The van der Waals surface area contributed by atoms with Gasteiger partial charge in [-0.05, 0) is 54.2 Å². The summed E-state index contributed by atoms with van der Waals surface area (Å²) in [5, 5.41) is 11.6. The molecule has 0 saturated heterocycles. The van der Waals surface area contributed by atoms with Crippen molar-refractivity contribution >= 4 is 17.5 Å². The summed E-state index contributed by atoms with van der Waals surface area (Å²) in [6.45, 7) is 6.70. The number of fused-ring (bicyclic) bond motifs is 4. The Balaban J connectivity index is 1.77. The van der Waals surface area contributed by atoms with Crippen molar-refractivity contribution < 1.29 is 24.2 Å². The normalized spacial score (nSPS) is 37.4. The molecule has 0 aromatic carbocycles. The van der Waals surface area contributed by atoms with Crippen LogP contribution in [0.4, 0.5) is 0 Å². The quantitative estimate of drug-likeness (QED) is 0.744. The van der Waals surface area contributed by atoms with Crippen LogP contribution < -0.4 is 0 Å². The molecule has 1 N–H and O–H groups in total. The number of Topliss-reactive ketones (excluding diaryl/α,β-unsaturated/α-hetero) is 1. The van der Waals surface area contributed by atoms with Crippen LogP contribution in [0.3, 0.4) is 0 Å². The molecule has 4 atom stereocenters. The van der Waals surface area contributed by atoms with E-state index in [0.29, 0.717) is 12.8 Å². The topological polar surface area (TPSA) is 80.7 Å². The molecule has 4 aliphatic rings. The second-order valence-electron chi connectivity index (χ2n) is 8.93. The molecule has 0 aliphatic heterocycles. The number of esters is 1. The number of ether oxygens (including phenoxy) is 1. The van der Waals surface area contributed by atoms with Gasteiger partial charge in [-0.2, -0.15) is 0 Å². The van der Waals surface area contributed by atoms with Crippen molar-refractivity contribution in [1.82, 2.24) is 0 Å². The van der Waals surface area contributed by atoms with E-state index >= 15 is 0 Å². The molecule has 0 heterocycles. The van der Waals surface area contributed by atoms with Gasteiger partial charge in [0.05, 0.1) is 0 Å². The standard InChI is InChI=1S/C24H26O5/c1-14-11-20-18-6-5-16-12-17(26)7-9-22(16,3)19(18)8-10-23(20,4)24(14,28)21(27)13-29-15(2)25/h5-7,9,11-12,14,28H,8,10,13H2,1-4H3/t14-,22+,23+,24+/m1/s1. The van der Waals surface area contributed by atoms with Crippen LogP contribution in [-0.2, 0) is 19.1 Å². The van der Waals surface area contributed by atoms with Crippen molar-refractivity contribution in [3.63, 3.8) is 0 Å². The van der Waals surface area contributed by atoms with E-state index in [4.69, 9.17) is 4.74 Å². The molecule has 0 aromatic heterocycles. The van der Waals surface area contributed by atoms with Crippen LogP contribution in [0.15, 0.2) is 58.7 Å². The number of ketones is 2. The Hall–Kier alpha value is -2.53. The van der Waals surface area contributed by atoms with E-state index in [2.05, 4.69) is 6.92 Å². The SMILES string of the molecule is CC(=O)OCC(=O)[C@@]1(O)[C@H](C)C=C2C3=C(CC[C@@]21C)[C@@]1(C)C=CC(=O)C=C1C=C3. The second-order valence-corrected chi connectivity index (χ2v) is 8.93. The van der Waals surface area contributed by atoms with Gasteiger partial charge in [0.15, 0.2) is 12.4 Å². The molecule has 4 rings (SSSR count). The fourth-order valence-corrected chi connectivity index (χ4v) is 5.58. The van der Waals surface area contributed by atoms with Gasteiger partial charge in [-0.25, -0.2) is 0 Å². The largest absolute Gasteiger partial charge is 0.458 e. The lowest BCUT2D eigenvalue weighted by Crippen LogP contribution is -2.56. The Kier molecular flexibility index (Phi) is 4.25. The van der Waals surface area contributed by atoms with Crippen LogP contribution in [0.1, 0.15) is 40.5 Å². The molecular formula is C24H26O5. The fourth-order valence-electron chi connectivity index (χ4n) is 5.58. The first-order chi connectivity index (χ1) is 13.5. The lowest BCUT2D eigenvalue weighted by molar-refractivity contribution is -0.163. The third-order valence-corrected chi connectivity index (χ3v) is 7.37. The summed E-state index contributed by atoms with van der Waals surface area (Å²) >= 11 is 0. The zero-order chi connectivity index (χ0) is 21.2. The van der Waals surface area contributed by atoms with Gasteiger partial charge in [0, 0.05) is 23.7 Å². The van der Waals surface area contributed by atoms with Gasteiger partial charge in [-0.15, -0.1) is 0 Å². The Labute approximate surface area is 170 Å². The van der Waals surface area contributed by atoms with Gasteiger partial charge in [0.2, 0.25) is 5.78 Å². The summed E-state index contributed by atoms with van der Waals surface area (Å²) in [7, 11) is 0. The molecule has 5 nitrogen and oxygen atoms in total. The third-order valence-electron chi connectivity index (χ3n) is 7.37. The predicted molar refractivity (Wildman–Crippen MR) is 108 cm³/mol. The maximum absolute atomic E-state index is 13.0. The van der Waals surface area contributed by atoms with E-state index in [1.54, 1.807) is 12.2 Å². The van der Waals surface area contributed by atoms with E-state index in [1.807, 2.05) is 38.2 Å². The fraction of sp³-hybridized carbons (Fsp3) is 0.458. The van der Waals surface area contributed by atoms with Gasteiger partial charge in [0.1, 0.15) is 5.60 Å². The maximum atomic E-state index is 13.0. The molecule has 0 amide bonds. The van der Waals surface area contributed by atoms with Crippen molar-refractivity contribution in [2.24, 2.45) is 16.7 Å². The first-order valence-corrected chi connectivity index (χ1v) is 10.0. The zero-order valence-electron chi connectivity index (χ0n) is 17.2. The molecule has 29 heavy (non-hydrogen) atoms. The number of carbonyl (C=O) groups excluding carboxylic acids is 3. The van der Waals surface area contributed by atoms with Gasteiger partial charge >= 0.3 is 5.97 Å². The van der Waals surface area contributed by atoms with Gasteiger partial charge in [-0.3, -0.25) is 14.4 Å². The smallest absolute Gasteiger partial charge is 0.303 e. The summed E-state index contributed by atoms with van der Waals surface area (Å²) in [5.74, 6) is -1.42. The van der Waals surface area contributed by atoms with Gasteiger partial charge in [-0.1, -0.05) is 38.2 Å². The minimum Gasteiger partial charge on any atom is -0.458 e. The lowest BCUT2D eigenvalue weighted by Gasteiger charge is -2.49. The van der Waals surface area contributed by atoms with E-state index in [0.717, 1.165) is 16.7 Å². The van der Waals surface area contributed by atoms with Gasteiger partial charge < -0.3 is 9.84 Å². The van der Waals surface area contributed by atoms with E-state index in [-0.39, 0.29) is 11.2 Å². The Bertz CT molecular complexity index is 991. The number of hydrogen-bond acceptors (Lipinski definition) is 5. The Morgan fingerprint density at radius 3 is 2.66 bits per heavy atom. The molecule has 152 valence electrons. The van der Waals surface area contributed by atoms with E-state index in [1.165, 1.54) is 12.5 Å². The third kappa shape index (κ3) is 2.53.